The van der Waals surface area contributed by atoms with E-state index >= 15 is 0 Å². The molecule has 0 aliphatic heterocycles. The molecule has 0 aromatic carbocycles. The van der Waals surface area contributed by atoms with E-state index in [0.717, 1.165) is 24.6 Å². The van der Waals surface area contributed by atoms with E-state index in [4.69, 9.17) is 15.2 Å². The number of hydrogen-bond donors (Lipinski definition) is 1. The molecule has 0 amide bonds. The van der Waals surface area contributed by atoms with Crippen molar-refractivity contribution < 1.29 is 22.6 Å². The van der Waals surface area contributed by atoms with Crippen molar-refractivity contribution >= 4 is 5.82 Å². The third-order valence-corrected chi connectivity index (χ3v) is 6.16. The highest BCUT2D eigenvalue weighted by Gasteiger charge is 2.58. The van der Waals surface area contributed by atoms with Gasteiger partial charge in [0.05, 0.1) is 30.6 Å². The molecule has 4 atom stereocenters. The maximum atomic E-state index is 13.2. The molecule has 0 bridgehead atoms. The van der Waals surface area contributed by atoms with E-state index < -0.39 is 17.6 Å². The number of nitrogens with two attached hydrogens (primary N) is 1. The van der Waals surface area contributed by atoms with Crippen LogP contribution in [0.2, 0.25) is 0 Å². The van der Waals surface area contributed by atoms with Gasteiger partial charge in [-0.3, -0.25) is 4.68 Å². The van der Waals surface area contributed by atoms with Gasteiger partial charge in [-0.05, 0) is 50.7 Å². The van der Waals surface area contributed by atoms with Gasteiger partial charge in [0.1, 0.15) is 5.82 Å². The zero-order valence-electron chi connectivity index (χ0n) is 17.3. The van der Waals surface area contributed by atoms with Crippen LogP contribution in [0, 0.1) is 11.8 Å². The highest BCUT2D eigenvalue weighted by atomic mass is 19.4. The van der Waals surface area contributed by atoms with Gasteiger partial charge in [-0.25, -0.2) is 4.98 Å². The second-order valence-electron chi connectivity index (χ2n) is 8.46. The number of halogens is 3. The Labute approximate surface area is 173 Å². The molecule has 2 aliphatic carbocycles. The molecule has 6 nitrogen and oxygen atoms in total. The van der Waals surface area contributed by atoms with Gasteiger partial charge in [-0.15, -0.1) is 0 Å². The lowest BCUT2D eigenvalue weighted by molar-refractivity contribution is -0.137. The predicted octanol–water partition coefficient (Wildman–Crippen LogP) is 4.28. The summed E-state index contributed by atoms with van der Waals surface area (Å²) in [7, 11) is 1.66. The van der Waals surface area contributed by atoms with Crippen LogP contribution in [-0.2, 0) is 15.7 Å². The Morgan fingerprint density at radius 1 is 1.20 bits per heavy atom. The predicted molar refractivity (Wildman–Crippen MR) is 106 cm³/mol. The minimum Gasteiger partial charge on any atom is -0.383 e. The fourth-order valence-corrected chi connectivity index (χ4v) is 4.72. The molecule has 2 aromatic heterocycles. The lowest BCUT2D eigenvalue weighted by atomic mass is 10.0. The third-order valence-electron chi connectivity index (χ3n) is 6.16. The number of methoxy groups -OCH3 is 1. The molecule has 30 heavy (non-hydrogen) atoms. The Kier molecular flexibility index (Phi) is 5.52. The van der Waals surface area contributed by atoms with Crippen LogP contribution in [0.3, 0.4) is 0 Å². The molecule has 2 heterocycles. The lowest BCUT2D eigenvalue weighted by Crippen LogP contribution is -2.16. The Bertz CT molecular complexity index is 900. The quantitative estimate of drug-likeness (QED) is 0.672. The molecule has 2 aromatic rings. The summed E-state index contributed by atoms with van der Waals surface area (Å²) in [6, 6.07) is 3.05. The van der Waals surface area contributed by atoms with E-state index in [0.29, 0.717) is 42.2 Å². The molecule has 0 spiro atoms. The van der Waals surface area contributed by atoms with Gasteiger partial charge in [-0.1, -0.05) is 0 Å². The van der Waals surface area contributed by atoms with Crippen molar-refractivity contribution in [1.29, 1.82) is 0 Å². The standard InChI is InChI=1S/C21H27F3N4O2/c1-11(2)28-18(19-14-7-13(8-15(14)19)30-5-4-29-3)9-17(27-28)12-6-16(21(22,23)24)20(25)26-10-12/h6,9-11,13-15,19H,4-5,7-8H2,1-3H3,(H2,25,26)/t13-,14-,15+,19+. The first kappa shape index (κ1) is 21.1. The maximum absolute atomic E-state index is 13.2. The van der Waals surface area contributed by atoms with Crippen LogP contribution in [-0.4, -0.2) is 41.2 Å². The summed E-state index contributed by atoms with van der Waals surface area (Å²) in [5.74, 6) is 0.926. The summed E-state index contributed by atoms with van der Waals surface area (Å²) < 4.78 is 52.5. The monoisotopic (exact) mass is 424 g/mol. The first-order valence-electron chi connectivity index (χ1n) is 10.2. The molecule has 0 radical (unpaired) electrons. The second-order valence-corrected chi connectivity index (χ2v) is 8.46. The van der Waals surface area contributed by atoms with Crippen LogP contribution in [0.4, 0.5) is 19.0 Å². The van der Waals surface area contributed by atoms with E-state index in [1.165, 1.54) is 6.20 Å². The number of alkyl halides is 3. The van der Waals surface area contributed by atoms with Crippen molar-refractivity contribution in [2.24, 2.45) is 11.8 Å². The van der Waals surface area contributed by atoms with Crippen molar-refractivity contribution in [1.82, 2.24) is 14.8 Å². The largest absolute Gasteiger partial charge is 0.419 e. The van der Waals surface area contributed by atoms with Crippen LogP contribution in [0.25, 0.3) is 11.3 Å². The highest BCUT2D eigenvalue weighted by Crippen LogP contribution is 2.64. The van der Waals surface area contributed by atoms with Crippen molar-refractivity contribution in [3.05, 3.63) is 29.6 Å². The first-order valence-corrected chi connectivity index (χ1v) is 10.2. The Balaban J connectivity index is 1.55. The molecule has 0 saturated heterocycles. The number of hydrogen-bond acceptors (Lipinski definition) is 5. The smallest absolute Gasteiger partial charge is 0.383 e. The minimum atomic E-state index is -4.55. The van der Waals surface area contributed by atoms with E-state index in [1.54, 1.807) is 7.11 Å². The molecule has 2 fully saturated rings. The molecular weight excluding hydrogens is 397 g/mol. The van der Waals surface area contributed by atoms with Gasteiger partial charge in [0.25, 0.3) is 0 Å². The van der Waals surface area contributed by atoms with E-state index in [2.05, 4.69) is 10.1 Å². The number of ether oxygens (including phenoxy) is 2. The SMILES string of the molecule is COCCO[C@@H]1C[C@@H]2[C@H](C1)[C@H]2c1cc(-c2cnc(N)c(C(F)(F)F)c2)nn1C(C)C. The highest BCUT2D eigenvalue weighted by molar-refractivity contribution is 5.63. The normalized spacial score (nSPS) is 25.7. The average molecular weight is 424 g/mol. The number of rotatable bonds is 7. The fourth-order valence-electron chi connectivity index (χ4n) is 4.72. The fraction of sp³-hybridized carbons (Fsp3) is 0.619. The minimum absolute atomic E-state index is 0.104. The Morgan fingerprint density at radius 2 is 1.90 bits per heavy atom. The Morgan fingerprint density at radius 3 is 2.50 bits per heavy atom. The van der Waals surface area contributed by atoms with Crippen molar-refractivity contribution in [2.75, 3.05) is 26.1 Å². The number of aromatic nitrogens is 3. The number of anilines is 1. The van der Waals surface area contributed by atoms with Gasteiger partial charge >= 0.3 is 6.18 Å². The van der Waals surface area contributed by atoms with Crippen LogP contribution < -0.4 is 5.73 Å². The summed E-state index contributed by atoms with van der Waals surface area (Å²) in [5, 5.41) is 4.62. The first-order chi connectivity index (χ1) is 14.2. The average Bonchev–Trinajstić information content (AvgIpc) is 3.04. The molecule has 0 unspecified atom stereocenters. The van der Waals surface area contributed by atoms with Gasteiger partial charge in [-0.2, -0.15) is 18.3 Å². The summed E-state index contributed by atoms with van der Waals surface area (Å²) in [4.78, 5) is 3.75. The van der Waals surface area contributed by atoms with Crippen molar-refractivity contribution in [2.45, 2.75) is 50.9 Å². The topological polar surface area (TPSA) is 75.2 Å². The zero-order chi connectivity index (χ0) is 21.6. The van der Waals surface area contributed by atoms with Crippen LogP contribution in [0.15, 0.2) is 18.3 Å². The lowest BCUT2D eigenvalue weighted by Gasteiger charge is -2.17. The van der Waals surface area contributed by atoms with Crippen molar-refractivity contribution in [3.8, 4) is 11.3 Å². The van der Waals surface area contributed by atoms with Crippen LogP contribution in [0.1, 0.15) is 49.9 Å². The Hall–Kier alpha value is -2.13. The number of nitrogen functional groups attached to an aromatic ring is 1. The molecular formula is C21H27F3N4O2. The van der Waals surface area contributed by atoms with Gasteiger partial charge in [0.15, 0.2) is 0 Å². The van der Waals surface area contributed by atoms with Gasteiger partial charge in [0.2, 0.25) is 0 Å². The number of pyridine rings is 1. The maximum Gasteiger partial charge on any atom is 0.419 e. The van der Waals surface area contributed by atoms with Crippen LogP contribution in [0.5, 0.6) is 0 Å². The van der Waals surface area contributed by atoms with Gasteiger partial charge in [0, 0.05) is 36.5 Å². The van der Waals surface area contributed by atoms with E-state index in [1.807, 2.05) is 24.6 Å². The summed E-state index contributed by atoms with van der Waals surface area (Å²) >= 11 is 0. The molecule has 9 heteroatoms. The summed E-state index contributed by atoms with van der Waals surface area (Å²) in [5.41, 5.74) is 6.40. The molecule has 2 aliphatic rings. The molecule has 164 valence electrons. The molecule has 2 saturated carbocycles. The molecule has 4 rings (SSSR count). The van der Waals surface area contributed by atoms with Gasteiger partial charge < -0.3 is 15.2 Å². The third kappa shape index (κ3) is 3.92. The number of fused-ring (bicyclic) bond motifs is 1. The molecule has 2 N–H and O–H groups in total. The van der Waals surface area contributed by atoms with Crippen LogP contribution >= 0.6 is 0 Å². The van der Waals surface area contributed by atoms with Crippen molar-refractivity contribution in [3.63, 3.8) is 0 Å². The number of nitrogens with zero attached hydrogens (tertiary/aromatic N) is 3. The summed E-state index contributed by atoms with van der Waals surface area (Å²) in [6.07, 6.45) is -0.938. The summed E-state index contributed by atoms with van der Waals surface area (Å²) in [6.45, 7) is 5.24. The second kappa shape index (κ2) is 7.85. The zero-order valence-corrected chi connectivity index (χ0v) is 17.3. The van der Waals surface area contributed by atoms with E-state index in [-0.39, 0.29) is 12.1 Å². The van der Waals surface area contributed by atoms with E-state index in [9.17, 15) is 13.2 Å².